The molecule has 2 aliphatic rings. The standard InChI is InChI=1S/C54H83N9O10/c1-9-71-47-21-18-43(35-48(47)72-10-2)38-73-44-19-16-42(17-20-44)36-63(58-52(66)50(40(5)6)57-54(68)60(8)23-25-62-28-32-70-33-29-62)37-46(64)45(34-41-14-12-11-13-15-41)55-51(65)49(39(3)4)56-53(67)59(7)22-24-61-26-30-69-31-27-61/h11-21,35,39-40,45-46,49-50,64H,9-10,22-34,36-38H2,1-8H3,(H,55,65)(H,56,67)(H,57,68)(H,58,66)/t45-,46-,49-,50-/m0/s1. The Kier molecular flexibility index (Phi) is 24.3. The molecule has 2 saturated heterocycles. The third-order valence-corrected chi connectivity index (χ3v) is 12.9. The number of likely N-dealkylation sites (N-methyl/N-ethyl adjacent to an activating group) is 2. The van der Waals surface area contributed by atoms with Crippen molar-refractivity contribution in [3.63, 3.8) is 0 Å². The molecule has 0 saturated carbocycles. The first-order valence-electron chi connectivity index (χ1n) is 25.9. The van der Waals surface area contributed by atoms with Crippen LogP contribution in [0.25, 0.3) is 0 Å². The van der Waals surface area contributed by atoms with Gasteiger partial charge in [-0.3, -0.25) is 24.8 Å². The molecule has 404 valence electrons. The molecule has 2 heterocycles. The van der Waals surface area contributed by atoms with Gasteiger partial charge in [-0.15, -0.1) is 0 Å². The molecule has 19 heteroatoms. The third-order valence-electron chi connectivity index (χ3n) is 12.9. The van der Waals surface area contributed by atoms with Gasteiger partial charge in [0.15, 0.2) is 11.5 Å². The number of rotatable bonds is 28. The molecule has 73 heavy (non-hydrogen) atoms. The van der Waals surface area contributed by atoms with Crippen molar-refractivity contribution >= 4 is 23.9 Å². The van der Waals surface area contributed by atoms with Gasteiger partial charge in [0.1, 0.15) is 24.4 Å². The number of amides is 6. The number of hydrogen-bond donors (Lipinski definition) is 5. The molecule has 2 aliphatic heterocycles. The highest BCUT2D eigenvalue weighted by molar-refractivity contribution is 5.88. The maximum Gasteiger partial charge on any atom is 0.317 e. The van der Waals surface area contributed by atoms with Crippen molar-refractivity contribution in [3.8, 4) is 17.2 Å². The minimum atomic E-state index is -1.24. The molecule has 0 spiro atoms. The van der Waals surface area contributed by atoms with E-state index in [1.807, 2.05) is 114 Å². The Labute approximate surface area is 433 Å². The first-order valence-corrected chi connectivity index (χ1v) is 25.9. The summed E-state index contributed by atoms with van der Waals surface area (Å²) in [6.45, 7) is 20.7. The number of morpholine rings is 2. The number of carbonyl (C=O) groups excluding carboxylic acids is 4. The third kappa shape index (κ3) is 19.6. The zero-order valence-electron chi connectivity index (χ0n) is 44.5. The van der Waals surface area contributed by atoms with Crippen molar-refractivity contribution < 1.29 is 48.0 Å². The summed E-state index contributed by atoms with van der Waals surface area (Å²) < 4.78 is 28.6. The summed E-state index contributed by atoms with van der Waals surface area (Å²) in [6.07, 6.45) is -0.984. The molecule has 4 atom stereocenters. The molecule has 0 radical (unpaired) electrons. The van der Waals surface area contributed by atoms with Crippen molar-refractivity contribution in [2.45, 2.75) is 85.3 Å². The number of urea groups is 2. The fourth-order valence-electron chi connectivity index (χ4n) is 8.41. The van der Waals surface area contributed by atoms with Crippen LogP contribution in [0, 0.1) is 11.8 Å². The average molecular weight is 1020 g/mol. The van der Waals surface area contributed by atoms with Crippen molar-refractivity contribution in [2.75, 3.05) is 113 Å². The van der Waals surface area contributed by atoms with Gasteiger partial charge in [-0.25, -0.2) is 14.6 Å². The fourth-order valence-corrected chi connectivity index (χ4v) is 8.41. The van der Waals surface area contributed by atoms with Crippen molar-refractivity contribution in [1.29, 1.82) is 0 Å². The van der Waals surface area contributed by atoms with Crippen LogP contribution in [-0.2, 0) is 38.6 Å². The SMILES string of the molecule is CCOc1ccc(COc2ccc(CN(C[C@H](O)[C@H](Cc3ccccc3)NC(=O)[C@@H](NC(=O)N(C)CCN3CCOCC3)C(C)C)NC(=O)[C@@H](NC(=O)N(C)CCN3CCOCC3)C(C)C)cc2)cc1OCC. The van der Waals surface area contributed by atoms with Gasteiger partial charge in [0.2, 0.25) is 5.91 Å². The summed E-state index contributed by atoms with van der Waals surface area (Å²) in [4.78, 5) is 63.4. The van der Waals surface area contributed by atoms with Crippen LogP contribution >= 0.6 is 0 Å². The lowest BCUT2D eigenvalue weighted by atomic mass is 9.98. The predicted molar refractivity (Wildman–Crippen MR) is 280 cm³/mol. The quantitative estimate of drug-likeness (QED) is 0.0656. The maximum absolute atomic E-state index is 14.4. The van der Waals surface area contributed by atoms with Crippen molar-refractivity contribution in [1.82, 2.24) is 46.0 Å². The summed E-state index contributed by atoms with van der Waals surface area (Å²) in [5, 5.41) is 22.8. The van der Waals surface area contributed by atoms with Crippen LogP contribution in [0.3, 0.4) is 0 Å². The molecule has 3 aromatic carbocycles. The Morgan fingerprint density at radius 2 is 1.16 bits per heavy atom. The van der Waals surface area contributed by atoms with Crippen LogP contribution in [0.5, 0.6) is 17.2 Å². The van der Waals surface area contributed by atoms with Gasteiger partial charge in [-0.1, -0.05) is 76.2 Å². The second kappa shape index (κ2) is 30.5. The maximum atomic E-state index is 14.4. The van der Waals surface area contributed by atoms with Crippen LogP contribution < -0.4 is 35.6 Å². The van der Waals surface area contributed by atoms with Gasteiger partial charge >= 0.3 is 12.1 Å². The number of hydrazine groups is 1. The van der Waals surface area contributed by atoms with Gasteiger partial charge in [-0.2, -0.15) is 0 Å². The van der Waals surface area contributed by atoms with Crippen LogP contribution in [-0.4, -0.2) is 190 Å². The smallest absolute Gasteiger partial charge is 0.317 e. The molecule has 0 bridgehead atoms. The van der Waals surface area contributed by atoms with Crippen LogP contribution in [0.4, 0.5) is 9.59 Å². The Balaban J connectivity index is 1.33. The Bertz CT molecular complexity index is 2120. The first-order chi connectivity index (χ1) is 35.1. The lowest BCUT2D eigenvalue weighted by Crippen LogP contribution is -2.60. The van der Waals surface area contributed by atoms with Crippen LogP contribution in [0.2, 0.25) is 0 Å². The van der Waals surface area contributed by atoms with Crippen molar-refractivity contribution in [3.05, 3.63) is 89.5 Å². The summed E-state index contributed by atoms with van der Waals surface area (Å²) >= 11 is 0. The minimum absolute atomic E-state index is 0.122. The molecule has 6 amide bonds. The molecule has 19 nitrogen and oxygen atoms in total. The van der Waals surface area contributed by atoms with Gasteiger partial charge in [0.25, 0.3) is 5.91 Å². The second-order valence-electron chi connectivity index (χ2n) is 19.4. The highest BCUT2D eigenvalue weighted by atomic mass is 16.5. The van der Waals surface area contributed by atoms with E-state index in [1.54, 1.807) is 28.9 Å². The Hall–Kier alpha value is -5.70. The van der Waals surface area contributed by atoms with Gasteiger partial charge in [-0.05, 0) is 73.1 Å². The monoisotopic (exact) mass is 1020 g/mol. The summed E-state index contributed by atoms with van der Waals surface area (Å²) in [5.41, 5.74) is 5.58. The van der Waals surface area contributed by atoms with E-state index in [9.17, 15) is 24.3 Å². The average Bonchev–Trinajstić information content (AvgIpc) is 3.38. The molecule has 2 fully saturated rings. The van der Waals surface area contributed by atoms with Gasteiger partial charge in [0.05, 0.1) is 51.8 Å². The Morgan fingerprint density at radius 1 is 0.644 bits per heavy atom. The lowest BCUT2D eigenvalue weighted by Gasteiger charge is -2.34. The van der Waals surface area contributed by atoms with E-state index in [0.717, 1.165) is 42.9 Å². The Morgan fingerprint density at radius 3 is 1.70 bits per heavy atom. The predicted octanol–water partition coefficient (Wildman–Crippen LogP) is 3.98. The van der Waals surface area contributed by atoms with E-state index in [0.29, 0.717) is 83.1 Å². The summed E-state index contributed by atoms with van der Waals surface area (Å²) in [7, 11) is 3.41. The van der Waals surface area contributed by atoms with E-state index in [-0.39, 0.29) is 50.0 Å². The normalized spacial score (nSPS) is 16.0. The first kappa shape index (κ1) is 58.2. The zero-order chi connectivity index (χ0) is 52.7. The summed E-state index contributed by atoms with van der Waals surface area (Å²) in [6, 6.07) is 19.2. The molecule has 0 aliphatic carbocycles. The highest BCUT2D eigenvalue weighted by Crippen LogP contribution is 2.29. The van der Waals surface area contributed by atoms with E-state index in [1.165, 1.54) is 0 Å². The molecule has 5 N–H and O–H groups in total. The van der Waals surface area contributed by atoms with Crippen LogP contribution in [0.15, 0.2) is 72.8 Å². The molecule has 0 unspecified atom stereocenters. The molecule has 0 aromatic heterocycles. The molecule has 3 aromatic rings. The van der Waals surface area contributed by atoms with E-state index < -0.39 is 36.0 Å². The number of aliphatic hydroxyl groups is 1. The molecular formula is C54H83N9O10. The number of nitrogens with zero attached hydrogens (tertiary/aromatic N) is 5. The zero-order valence-corrected chi connectivity index (χ0v) is 44.5. The summed E-state index contributed by atoms with van der Waals surface area (Å²) in [5.74, 6) is 0.432. The number of ether oxygens (including phenoxy) is 5. The van der Waals surface area contributed by atoms with Gasteiger partial charge < -0.3 is 54.5 Å². The number of hydrogen-bond acceptors (Lipinski definition) is 13. The minimum Gasteiger partial charge on any atom is -0.490 e. The topological polar surface area (TPSA) is 199 Å². The van der Waals surface area contributed by atoms with E-state index in [4.69, 9.17) is 23.7 Å². The number of nitrogens with one attached hydrogen (secondary N) is 4. The van der Waals surface area contributed by atoms with E-state index in [2.05, 4.69) is 31.2 Å². The largest absolute Gasteiger partial charge is 0.490 e. The highest BCUT2D eigenvalue weighted by Gasteiger charge is 2.33. The fraction of sp³-hybridized carbons (Fsp3) is 0.593. The molecular weight excluding hydrogens is 935 g/mol. The number of carbonyl (C=O) groups is 4. The molecule has 5 rings (SSSR count). The number of benzene rings is 3. The van der Waals surface area contributed by atoms with Crippen molar-refractivity contribution in [2.24, 2.45) is 11.8 Å². The van der Waals surface area contributed by atoms with Crippen LogP contribution in [0.1, 0.15) is 58.2 Å². The second-order valence-corrected chi connectivity index (χ2v) is 19.4. The van der Waals surface area contributed by atoms with E-state index >= 15 is 0 Å². The lowest BCUT2D eigenvalue weighted by molar-refractivity contribution is -0.131. The van der Waals surface area contributed by atoms with Gasteiger partial charge in [0, 0.05) is 79.5 Å². The number of aliphatic hydroxyl groups excluding tert-OH is 1.